The first-order valence-corrected chi connectivity index (χ1v) is 6.59. The van der Waals surface area contributed by atoms with Crippen LogP contribution in [0.3, 0.4) is 0 Å². The second-order valence-corrected chi connectivity index (χ2v) is 5.31. The minimum absolute atomic E-state index is 0.0710. The number of anilines is 1. The van der Waals surface area contributed by atoms with Gasteiger partial charge in [0.15, 0.2) is 0 Å². The third-order valence-corrected chi connectivity index (χ3v) is 3.68. The first-order valence-electron chi connectivity index (χ1n) is 6.59. The molecule has 1 fully saturated rings. The lowest BCUT2D eigenvalue weighted by Crippen LogP contribution is -2.45. The van der Waals surface area contributed by atoms with Gasteiger partial charge in [-0.25, -0.2) is 9.97 Å². The molecule has 1 aliphatic rings. The fourth-order valence-corrected chi connectivity index (χ4v) is 2.54. The fourth-order valence-electron chi connectivity index (χ4n) is 2.54. The first-order chi connectivity index (χ1) is 8.95. The van der Waals surface area contributed by atoms with Crippen LogP contribution in [0.1, 0.15) is 31.3 Å². The van der Waals surface area contributed by atoms with Gasteiger partial charge in [-0.3, -0.25) is 9.69 Å². The van der Waals surface area contributed by atoms with Crippen LogP contribution in [0.15, 0.2) is 6.07 Å². The van der Waals surface area contributed by atoms with E-state index < -0.39 is 0 Å². The molecule has 104 valence electrons. The first kappa shape index (κ1) is 13.7. The van der Waals surface area contributed by atoms with Crippen molar-refractivity contribution in [2.45, 2.75) is 39.3 Å². The summed E-state index contributed by atoms with van der Waals surface area (Å²) < 4.78 is 0. The molecule has 4 N–H and O–H groups in total. The highest BCUT2D eigenvalue weighted by molar-refractivity contribution is 5.76. The lowest BCUT2D eigenvalue weighted by Gasteiger charge is -2.36. The van der Waals surface area contributed by atoms with Crippen LogP contribution >= 0.6 is 0 Å². The van der Waals surface area contributed by atoms with Crippen LogP contribution < -0.4 is 11.5 Å². The molecule has 6 nitrogen and oxygen atoms in total. The average Bonchev–Trinajstić information content (AvgIpc) is 2.30. The van der Waals surface area contributed by atoms with Gasteiger partial charge in [-0.1, -0.05) is 0 Å². The lowest BCUT2D eigenvalue weighted by molar-refractivity contribution is -0.124. The van der Waals surface area contributed by atoms with Crippen molar-refractivity contribution >= 4 is 11.7 Å². The largest absolute Gasteiger partial charge is 0.384 e. The number of aromatic nitrogens is 2. The number of rotatable bonds is 3. The summed E-state index contributed by atoms with van der Waals surface area (Å²) in [4.78, 5) is 22.1. The second-order valence-electron chi connectivity index (χ2n) is 5.31. The van der Waals surface area contributed by atoms with Crippen LogP contribution in [-0.2, 0) is 11.3 Å². The molecule has 6 heteroatoms. The Balaban J connectivity index is 2.09. The summed E-state index contributed by atoms with van der Waals surface area (Å²) in [5, 5.41) is 0. The number of likely N-dealkylation sites (tertiary alicyclic amines) is 1. The maximum atomic E-state index is 11.3. The highest BCUT2D eigenvalue weighted by Crippen LogP contribution is 2.23. The van der Waals surface area contributed by atoms with Crippen LogP contribution in [0.5, 0.6) is 0 Å². The summed E-state index contributed by atoms with van der Waals surface area (Å²) in [6.07, 6.45) is 1.83. The minimum Gasteiger partial charge on any atom is -0.384 e. The smallest absolute Gasteiger partial charge is 0.221 e. The highest BCUT2D eigenvalue weighted by atomic mass is 16.1. The van der Waals surface area contributed by atoms with Gasteiger partial charge in [0.25, 0.3) is 0 Å². The number of carbonyl (C=O) groups is 1. The number of piperidine rings is 1. The SMILES string of the molecule is Cc1cc(N)nc(CN2CC(C(N)=O)CCC2C)n1. The van der Waals surface area contributed by atoms with E-state index in [1.165, 1.54) is 0 Å². The zero-order valence-electron chi connectivity index (χ0n) is 11.5. The van der Waals surface area contributed by atoms with E-state index in [4.69, 9.17) is 11.5 Å². The Morgan fingerprint density at radius 3 is 2.84 bits per heavy atom. The van der Waals surface area contributed by atoms with E-state index in [2.05, 4.69) is 21.8 Å². The Morgan fingerprint density at radius 1 is 1.47 bits per heavy atom. The molecule has 1 saturated heterocycles. The maximum absolute atomic E-state index is 11.3. The third-order valence-electron chi connectivity index (χ3n) is 3.68. The molecule has 0 radical (unpaired) electrons. The van der Waals surface area contributed by atoms with E-state index in [0.29, 0.717) is 30.8 Å². The molecule has 2 unspecified atom stereocenters. The van der Waals surface area contributed by atoms with Crippen LogP contribution in [0.4, 0.5) is 5.82 Å². The number of amides is 1. The number of hydrogen-bond donors (Lipinski definition) is 2. The van der Waals surface area contributed by atoms with E-state index in [-0.39, 0.29) is 11.8 Å². The van der Waals surface area contributed by atoms with Gasteiger partial charge in [0, 0.05) is 24.3 Å². The van der Waals surface area contributed by atoms with Crippen molar-refractivity contribution < 1.29 is 4.79 Å². The third kappa shape index (κ3) is 3.41. The number of aryl methyl sites for hydroxylation is 1. The highest BCUT2D eigenvalue weighted by Gasteiger charge is 2.29. The van der Waals surface area contributed by atoms with Crippen LogP contribution in [-0.4, -0.2) is 33.4 Å². The molecule has 0 bridgehead atoms. The van der Waals surface area contributed by atoms with Crippen molar-refractivity contribution in [1.82, 2.24) is 14.9 Å². The normalized spacial score (nSPS) is 24.3. The predicted octanol–water partition coefficient (Wildman–Crippen LogP) is 0.453. The van der Waals surface area contributed by atoms with E-state index in [1.54, 1.807) is 6.07 Å². The van der Waals surface area contributed by atoms with Gasteiger partial charge < -0.3 is 11.5 Å². The molecule has 19 heavy (non-hydrogen) atoms. The van der Waals surface area contributed by atoms with E-state index in [0.717, 1.165) is 18.5 Å². The Kier molecular flexibility index (Phi) is 3.99. The average molecular weight is 263 g/mol. The molecular weight excluding hydrogens is 242 g/mol. The molecule has 1 amide bonds. The lowest BCUT2D eigenvalue weighted by atomic mass is 9.93. The molecule has 0 spiro atoms. The number of primary amides is 1. The molecular formula is C13H21N5O. The minimum atomic E-state index is -0.221. The zero-order chi connectivity index (χ0) is 14.0. The molecule has 0 aliphatic carbocycles. The van der Waals surface area contributed by atoms with Crippen molar-refractivity contribution in [1.29, 1.82) is 0 Å². The van der Waals surface area contributed by atoms with E-state index in [1.807, 2.05) is 6.92 Å². The molecule has 0 saturated carbocycles. The van der Waals surface area contributed by atoms with Crippen LogP contribution in [0.25, 0.3) is 0 Å². The van der Waals surface area contributed by atoms with Crippen molar-refractivity contribution in [3.05, 3.63) is 17.6 Å². The number of nitrogens with two attached hydrogens (primary N) is 2. The monoisotopic (exact) mass is 263 g/mol. The van der Waals surface area contributed by atoms with Gasteiger partial charge in [0.2, 0.25) is 5.91 Å². The van der Waals surface area contributed by atoms with Gasteiger partial charge in [-0.15, -0.1) is 0 Å². The molecule has 2 atom stereocenters. The molecule has 1 aromatic heterocycles. The van der Waals surface area contributed by atoms with Crippen LogP contribution in [0.2, 0.25) is 0 Å². The molecule has 2 rings (SSSR count). The Labute approximate surface area is 113 Å². The van der Waals surface area contributed by atoms with Crippen molar-refractivity contribution in [3.8, 4) is 0 Å². The summed E-state index contributed by atoms with van der Waals surface area (Å²) in [6.45, 7) is 5.33. The van der Waals surface area contributed by atoms with Gasteiger partial charge in [0.1, 0.15) is 11.6 Å². The Morgan fingerprint density at radius 2 is 2.21 bits per heavy atom. The topological polar surface area (TPSA) is 98.1 Å². The van der Waals surface area contributed by atoms with Gasteiger partial charge in [0.05, 0.1) is 12.5 Å². The zero-order valence-corrected chi connectivity index (χ0v) is 11.5. The van der Waals surface area contributed by atoms with Gasteiger partial charge in [-0.05, 0) is 26.7 Å². The summed E-state index contributed by atoms with van der Waals surface area (Å²) in [6, 6.07) is 2.15. The Hall–Kier alpha value is -1.69. The summed E-state index contributed by atoms with van der Waals surface area (Å²) in [5.41, 5.74) is 12.0. The molecule has 1 aromatic rings. The van der Waals surface area contributed by atoms with E-state index in [9.17, 15) is 4.79 Å². The van der Waals surface area contributed by atoms with Crippen molar-refractivity contribution in [2.75, 3.05) is 12.3 Å². The summed E-state index contributed by atoms with van der Waals surface area (Å²) in [7, 11) is 0. The quantitative estimate of drug-likeness (QED) is 0.825. The summed E-state index contributed by atoms with van der Waals surface area (Å²) in [5.74, 6) is 0.896. The number of hydrogen-bond acceptors (Lipinski definition) is 5. The standard InChI is InChI=1S/C13H21N5O/c1-8-5-11(14)17-12(16-8)7-18-6-10(13(15)19)4-3-9(18)2/h5,9-10H,3-4,6-7H2,1-2H3,(H2,15,19)(H2,14,16,17). The fraction of sp³-hybridized carbons (Fsp3) is 0.615. The number of nitrogens with zero attached hydrogens (tertiary/aromatic N) is 3. The number of nitrogen functional groups attached to an aromatic ring is 1. The van der Waals surface area contributed by atoms with Gasteiger partial charge >= 0.3 is 0 Å². The molecule has 1 aliphatic heterocycles. The molecule has 2 heterocycles. The van der Waals surface area contributed by atoms with Crippen molar-refractivity contribution in [2.24, 2.45) is 11.7 Å². The van der Waals surface area contributed by atoms with E-state index >= 15 is 0 Å². The second kappa shape index (κ2) is 5.52. The Bertz CT molecular complexity index is 456. The predicted molar refractivity (Wildman–Crippen MR) is 73.0 cm³/mol. The van der Waals surface area contributed by atoms with Crippen LogP contribution in [0, 0.1) is 12.8 Å². The van der Waals surface area contributed by atoms with Crippen molar-refractivity contribution in [3.63, 3.8) is 0 Å². The summed E-state index contributed by atoms with van der Waals surface area (Å²) >= 11 is 0. The molecule has 0 aromatic carbocycles. The van der Waals surface area contributed by atoms with Gasteiger partial charge in [-0.2, -0.15) is 0 Å². The number of carbonyl (C=O) groups excluding carboxylic acids is 1. The maximum Gasteiger partial charge on any atom is 0.221 e.